The SMILES string of the molecule is COc1ccc(CN(C(=O)CN(c2ccc(Cl)cc2)S(=O)(=O)c2ccc(C)cc2)C(C)C(=O)NC(C)C)cc1. The van der Waals surface area contributed by atoms with Gasteiger partial charge in [-0.2, -0.15) is 0 Å². The number of nitrogens with one attached hydrogen (secondary N) is 1. The number of carbonyl (C=O) groups excluding carboxylic acids is 2. The van der Waals surface area contributed by atoms with Crippen molar-refractivity contribution in [1.82, 2.24) is 10.2 Å². The lowest BCUT2D eigenvalue weighted by molar-refractivity contribution is -0.139. The number of hydrogen-bond acceptors (Lipinski definition) is 5. The third kappa shape index (κ3) is 7.74. The Hall–Kier alpha value is -3.56. The summed E-state index contributed by atoms with van der Waals surface area (Å²) < 4.78 is 33.9. The van der Waals surface area contributed by atoms with Crippen LogP contribution in [0.1, 0.15) is 31.9 Å². The highest BCUT2D eigenvalue weighted by Crippen LogP contribution is 2.26. The van der Waals surface area contributed by atoms with Gasteiger partial charge in [0.15, 0.2) is 0 Å². The van der Waals surface area contributed by atoms with Gasteiger partial charge in [-0.1, -0.05) is 41.4 Å². The van der Waals surface area contributed by atoms with Crippen molar-refractivity contribution in [2.45, 2.75) is 51.2 Å². The molecule has 3 aromatic rings. The summed E-state index contributed by atoms with van der Waals surface area (Å²) in [5.74, 6) is -0.227. The second-order valence-electron chi connectivity index (χ2n) is 9.51. The first kappa shape index (κ1) is 30.0. The molecule has 208 valence electrons. The number of rotatable bonds is 11. The molecule has 39 heavy (non-hydrogen) atoms. The molecule has 1 N–H and O–H groups in total. The lowest BCUT2D eigenvalue weighted by atomic mass is 10.1. The fourth-order valence-corrected chi connectivity index (χ4v) is 5.43. The van der Waals surface area contributed by atoms with E-state index in [2.05, 4.69) is 5.32 Å². The molecule has 3 aromatic carbocycles. The number of carbonyl (C=O) groups is 2. The minimum atomic E-state index is -4.13. The molecule has 0 aliphatic heterocycles. The Morgan fingerprint density at radius 3 is 2.05 bits per heavy atom. The Bertz CT molecular complexity index is 1380. The van der Waals surface area contributed by atoms with Crippen LogP contribution >= 0.6 is 11.6 Å². The van der Waals surface area contributed by atoms with Crippen LogP contribution in [-0.4, -0.2) is 50.9 Å². The molecule has 2 amide bonds. The summed E-state index contributed by atoms with van der Waals surface area (Å²) in [6.45, 7) is 6.72. The van der Waals surface area contributed by atoms with E-state index in [4.69, 9.17) is 16.3 Å². The molecule has 0 saturated heterocycles. The largest absolute Gasteiger partial charge is 0.497 e. The fraction of sp³-hybridized carbons (Fsp3) is 0.310. The molecule has 1 unspecified atom stereocenters. The molecule has 1 atom stereocenters. The summed E-state index contributed by atoms with van der Waals surface area (Å²) in [4.78, 5) is 28.3. The number of sulfonamides is 1. The van der Waals surface area contributed by atoms with Crippen LogP contribution in [0.15, 0.2) is 77.7 Å². The minimum Gasteiger partial charge on any atom is -0.497 e. The minimum absolute atomic E-state index is 0.0446. The van der Waals surface area contributed by atoms with E-state index < -0.39 is 28.5 Å². The molecule has 0 heterocycles. The standard InChI is InChI=1S/C29H34ClN3O5S/c1-20(2)31-29(35)22(4)32(18-23-8-14-26(38-5)15-9-23)28(34)19-33(25-12-10-24(30)11-13-25)39(36,37)27-16-6-21(3)7-17-27/h6-17,20,22H,18-19H2,1-5H3,(H,31,35). The maximum absolute atomic E-state index is 13.9. The third-order valence-corrected chi connectivity index (χ3v) is 8.15. The van der Waals surface area contributed by atoms with E-state index >= 15 is 0 Å². The zero-order valence-electron chi connectivity index (χ0n) is 22.7. The zero-order valence-corrected chi connectivity index (χ0v) is 24.3. The Balaban J connectivity index is 2.01. The predicted octanol–water partition coefficient (Wildman–Crippen LogP) is 4.79. The predicted molar refractivity (Wildman–Crippen MR) is 153 cm³/mol. The van der Waals surface area contributed by atoms with Gasteiger partial charge in [0.05, 0.1) is 17.7 Å². The molecule has 0 aliphatic carbocycles. The van der Waals surface area contributed by atoms with Gasteiger partial charge in [0.1, 0.15) is 18.3 Å². The number of methoxy groups -OCH3 is 1. The molecule has 0 saturated carbocycles. The number of nitrogens with zero attached hydrogens (tertiary/aromatic N) is 2. The van der Waals surface area contributed by atoms with Crippen LogP contribution in [0.3, 0.4) is 0 Å². The first-order valence-electron chi connectivity index (χ1n) is 12.5. The number of hydrogen-bond donors (Lipinski definition) is 1. The normalized spacial score (nSPS) is 12.1. The van der Waals surface area contributed by atoms with Crippen LogP contribution in [0, 0.1) is 6.92 Å². The van der Waals surface area contributed by atoms with E-state index in [0.717, 1.165) is 15.4 Å². The van der Waals surface area contributed by atoms with Crippen LogP contribution in [-0.2, 0) is 26.2 Å². The highest BCUT2D eigenvalue weighted by molar-refractivity contribution is 7.92. The van der Waals surface area contributed by atoms with Gasteiger partial charge in [-0.3, -0.25) is 13.9 Å². The van der Waals surface area contributed by atoms with Crippen molar-refractivity contribution in [1.29, 1.82) is 0 Å². The Morgan fingerprint density at radius 2 is 1.51 bits per heavy atom. The van der Waals surface area contributed by atoms with E-state index in [-0.39, 0.29) is 29.1 Å². The molecule has 10 heteroatoms. The van der Waals surface area contributed by atoms with Crippen molar-refractivity contribution < 1.29 is 22.7 Å². The lowest BCUT2D eigenvalue weighted by Crippen LogP contribution is -2.52. The molecule has 0 spiro atoms. The molecule has 0 radical (unpaired) electrons. The van der Waals surface area contributed by atoms with Crippen LogP contribution in [0.25, 0.3) is 0 Å². The Morgan fingerprint density at radius 1 is 0.923 bits per heavy atom. The lowest BCUT2D eigenvalue weighted by Gasteiger charge is -2.32. The Labute approximate surface area is 235 Å². The maximum atomic E-state index is 13.9. The van der Waals surface area contributed by atoms with Crippen LogP contribution in [0.4, 0.5) is 5.69 Å². The van der Waals surface area contributed by atoms with Crippen molar-refractivity contribution in [2.24, 2.45) is 0 Å². The molecule has 8 nitrogen and oxygen atoms in total. The summed E-state index contributed by atoms with van der Waals surface area (Å²) in [6, 6.07) is 18.7. The van der Waals surface area contributed by atoms with Gasteiger partial charge in [0.25, 0.3) is 10.0 Å². The number of halogens is 1. The van der Waals surface area contributed by atoms with Crippen molar-refractivity contribution in [3.63, 3.8) is 0 Å². The highest BCUT2D eigenvalue weighted by Gasteiger charge is 2.32. The molecular weight excluding hydrogens is 538 g/mol. The number of ether oxygens (including phenoxy) is 1. The molecule has 0 fully saturated rings. The van der Waals surface area contributed by atoms with Crippen LogP contribution in [0.5, 0.6) is 5.75 Å². The average Bonchev–Trinajstić information content (AvgIpc) is 2.90. The van der Waals surface area contributed by atoms with Crippen LogP contribution < -0.4 is 14.4 Å². The summed E-state index contributed by atoms with van der Waals surface area (Å²) in [5.41, 5.74) is 1.93. The molecule has 3 rings (SSSR count). The van der Waals surface area contributed by atoms with E-state index in [1.54, 1.807) is 74.7 Å². The topological polar surface area (TPSA) is 96.0 Å². The monoisotopic (exact) mass is 571 g/mol. The molecule has 0 aromatic heterocycles. The number of benzene rings is 3. The van der Waals surface area contributed by atoms with Gasteiger partial charge in [-0.15, -0.1) is 0 Å². The zero-order chi connectivity index (χ0) is 28.7. The third-order valence-electron chi connectivity index (χ3n) is 6.11. The first-order chi connectivity index (χ1) is 18.4. The number of amides is 2. The van der Waals surface area contributed by atoms with E-state index in [1.165, 1.54) is 17.0 Å². The van der Waals surface area contributed by atoms with Crippen molar-refractivity contribution >= 4 is 39.1 Å². The smallest absolute Gasteiger partial charge is 0.264 e. The van der Waals surface area contributed by atoms with Gasteiger partial charge in [-0.25, -0.2) is 8.42 Å². The quantitative estimate of drug-likeness (QED) is 0.357. The number of anilines is 1. The molecule has 0 aliphatic rings. The average molecular weight is 572 g/mol. The van der Waals surface area contributed by atoms with E-state index in [9.17, 15) is 18.0 Å². The second kappa shape index (κ2) is 13.0. The van der Waals surface area contributed by atoms with Crippen LogP contribution in [0.2, 0.25) is 5.02 Å². The summed E-state index contributed by atoms with van der Waals surface area (Å²) >= 11 is 6.05. The van der Waals surface area contributed by atoms with Crippen molar-refractivity contribution in [3.05, 3.63) is 88.9 Å². The van der Waals surface area contributed by atoms with Gasteiger partial charge >= 0.3 is 0 Å². The van der Waals surface area contributed by atoms with Gasteiger partial charge in [0.2, 0.25) is 11.8 Å². The van der Waals surface area contributed by atoms with Gasteiger partial charge in [0, 0.05) is 17.6 Å². The van der Waals surface area contributed by atoms with Crippen molar-refractivity contribution in [3.8, 4) is 5.75 Å². The fourth-order valence-electron chi connectivity index (χ4n) is 3.89. The van der Waals surface area contributed by atoms with E-state index in [0.29, 0.717) is 10.8 Å². The summed E-state index contributed by atoms with van der Waals surface area (Å²) in [7, 11) is -2.57. The Kier molecular flexibility index (Phi) is 9.99. The van der Waals surface area contributed by atoms with Crippen molar-refractivity contribution in [2.75, 3.05) is 18.0 Å². The maximum Gasteiger partial charge on any atom is 0.264 e. The summed E-state index contributed by atoms with van der Waals surface area (Å²) in [6.07, 6.45) is 0. The molecular formula is C29H34ClN3O5S. The number of aryl methyl sites for hydroxylation is 1. The van der Waals surface area contributed by atoms with Gasteiger partial charge in [-0.05, 0) is 81.8 Å². The van der Waals surface area contributed by atoms with Gasteiger partial charge < -0.3 is 15.0 Å². The summed E-state index contributed by atoms with van der Waals surface area (Å²) in [5, 5.41) is 3.26. The van der Waals surface area contributed by atoms with E-state index in [1.807, 2.05) is 20.8 Å². The highest BCUT2D eigenvalue weighted by atomic mass is 35.5. The first-order valence-corrected chi connectivity index (χ1v) is 14.3. The second-order valence-corrected chi connectivity index (χ2v) is 11.8. The molecule has 0 bridgehead atoms.